The van der Waals surface area contributed by atoms with Crippen LogP contribution in [0, 0.1) is 0 Å². The molecule has 0 saturated carbocycles. The van der Waals surface area contributed by atoms with E-state index in [4.69, 9.17) is 5.14 Å². The Hall–Kier alpha value is -0.000000000000000111. The Bertz CT molecular complexity index is 578. The van der Waals surface area contributed by atoms with Gasteiger partial charge in [0.2, 0.25) is 10.0 Å². The Balaban J connectivity index is 2.55. The minimum atomic E-state index is -3.58. The lowest BCUT2D eigenvalue weighted by molar-refractivity contribution is 0.578. The number of halogens is 1. The van der Waals surface area contributed by atoms with Crippen molar-refractivity contribution in [1.29, 1.82) is 0 Å². The highest BCUT2D eigenvalue weighted by Crippen LogP contribution is 2.27. The van der Waals surface area contributed by atoms with Gasteiger partial charge in [-0.2, -0.15) is 0 Å². The summed E-state index contributed by atoms with van der Waals surface area (Å²) in [5.41, 5.74) is 0. The van der Waals surface area contributed by atoms with Crippen molar-refractivity contribution in [2.75, 3.05) is 12.3 Å². The van der Waals surface area contributed by atoms with E-state index in [1.165, 1.54) is 0 Å². The molecule has 0 spiro atoms. The molecule has 1 aromatic heterocycles. The number of nitrogens with two attached hydrogens (primary N) is 1. The summed E-state index contributed by atoms with van der Waals surface area (Å²) in [6.45, 7) is 0.0309. The van der Waals surface area contributed by atoms with Crippen molar-refractivity contribution in [2.24, 2.45) is 5.14 Å². The molecule has 1 rings (SSSR count). The van der Waals surface area contributed by atoms with E-state index in [1.807, 2.05) is 0 Å². The topological polar surface area (TPSA) is 106 Å². The number of primary sulfonamides is 1. The molecule has 17 heavy (non-hydrogen) atoms. The lowest BCUT2D eigenvalue weighted by atomic mass is 10.5. The van der Waals surface area contributed by atoms with Gasteiger partial charge in [0.1, 0.15) is 4.21 Å². The third kappa shape index (κ3) is 5.02. The average molecular weight is 363 g/mol. The number of thiophene rings is 1. The summed E-state index contributed by atoms with van der Waals surface area (Å²) in [4.78, 5) is 0. The van der Waals surface area contributed by atoms with Crippen molar-refractivity contribution in [3.05, 3.63) is 15.9 Å². The van der Waals surface area contributed by atoms with Crippen LogP contribution in [-0.2, 0) is 20.0 Å². The van der Waals surface area contributed by atoms with Gasteiger partial charge < -0.3 is 0 Å². The average Bonchev–Trinajstić information content (AvgIpc) is 2.58. The van der Waals surface area contributed by atoms with Crippen molar-refractivity contribution in [3.8, 4) is 0 Å². The van der Waals surface area contributed by atoms with Gasteiger partial charge in [-0.25, -0.2) is 26.7 Å². The molecule has 6 nitrogen and oxygen atoms in total. The van der Waals surface area contributed by atoms with E-state index in [2.05, 4.69) is 20.7 Å². The maximum atomic E-state index is 11.7. The quantitative estimate of drug-likeness (QED) is 0.717. The SMILES string of the molecule is NS(=O)(=O)CCCNS(=O)(=O)c1sccc1Br. The molecule has 1 aromatic rings. The zero-order valence-corrected chi connectivity index (χ0v) is 12.6. The van der Waals surface area contributed by atoms with Crippen molar-refractivity contribution >= 4 is 47.3 Å². The van der Waals surface area contributed by atoms with Gasteiger partial charge in [-0.05, 0) is 33.8 Å². The van der Waals surface area contributed by atoms with Crippen LogP contribution in [-0.4, -0.2) is 29.1 Å². The van der Waals surface area contributed by atoms with E-state index in [0.717, 1.165) is 11.3 Å². The highest BCUT2D eigenvalue weighted by atomic mass is 79.9. The first kappa shape index (κ1) is 15.1. The van der Waals surface area contributed by atoms with Gasteiger partial charge in [-0.3, -0.25) is 0 Å². The molecule has 1 heterocycles. The lowest BCUT2D eigenvalue weighted by Gasteiger charge is -2.04. The first-order valence-electron chi connectivity index (χ1n) is 4.45. The fourth-order valence-corrected chi connectivity index (χ4v) is 5.02. The minimum Gasteiger partial charge on any atom is -0.229 e. The molecule has 0 unspecified atom stereocenters. The van der Waals surface area contributed by atoms with Crippen LogP contribution in [0.1, 0.15) is 6.42 Å². The molecule has 0 bridgehead atoms. The molecule has 0 atom stereocenters. The standard InChI is InChI=1S/C7H11BrN2O4S3/c8-6-2-4-15-7(6)17(13,14)10-3-1-5-16(9,11)12/h2,4,10H,1,3,5H2,(H2,9,11,12). The Morgan fingerprint density at radius 1 is 1.35 bits per heavy atom. The van der Waals surface area contributed by atoms with Crippen LogP contribution in [0.4, 0.5) is 0 Å². The number of sulfonamides is 2. The second kappa shape index (κ2) is 5.76. The molecule has 0 amide bonds. The number of hydrogen-bond donors (Lipinski definition) is 2. The molecule has 3 N–H and O–H groups in total. The molecule has 10 heteroatoms. The van der Waals surface area contributed by atoms with Gasteiger partial charge in [0, 0.05) is 11.0 Å². The summed E-state index contributed by atoms with van der Waals surface area (Å²) >= 11 is 4.20. The monoisotopic (exact) mass is 362 g/mol. The highest BCUT2D eigenvalue weighted by Gasteiger charge is 2.18. The lowest BCUT2D eigenvalue weighted by Crippen LogP contribution is -2.27. The highest BCUT2D eigenvalue weighted by molar-refractivity contribution is 9.10. The fourth-order valence-electron chi connectivity index (χ4n) is 1.02. The largest absolute Gasteiger partial charge is 0.251 e. The summed E-state index contributed by atoms with van der Waals surface area (Å²) < 4.78 is 47.7. The van der Waals surface area contributed by atoms with E-state index in [-0.39, 0.29) is 22.9 Å². The van der Waals surface area contributed by atoms with Crippen molar-refractivity contribution < 1.29 is 16.8 Å². The third-order valence-corrected chi connectivity index (χ3v) is 6.71. The van der Waals surface area contributed by atoms with E-state index in [9.17, 15) is 16.8 Å². The molecule has 0 fully saturated rings. The molecule has 0 aliphatic rings. The molecule has 0 aliphatic carbocycles. The van der Waals surface area contributed by atoms with E-state index < -0.39 is 20.0 Å². The van der Waals surface area contributed by atoms with Crippen LogP contribution < -0.4 is 9.86 Å². The van der Waals surface area contributed by atoms with Crippen molar-refractivity contribution in [2.45, 2.75) is 10.6 Å². The zero-order chi connectivity index (χ0) is 13.1. The van der Waals surface area contributed by atoms with Crippen molar-refractivity contribution in [1.82, 2.24) is 4.72 Å². The van der Waals surface area contributed by atoms with Crippen LogP contribution in [0.5, 0.6) is 0 Å². The first-order chi connectivity index (χ1) is 7.72. The number of nitrogens with one attached hydrogen (secondary N) is 1. The molecule has 98 valence electrons. The Morgan fingerprint density at radius 3 is 2.47 bits per heavy atom. The van der Waals surface area contributed by atoms with Crippen LogP contribution in [0.2, 0.25) is 0 Å². The summed E-state index contributed by atoms with van der Waals surface area (Å²) in [5, 5.41) is 6.44. The van der Waals surface area contributed by atoms with Gasteiger partial charge in [0.25, 0.3) is 10.0 Å². The second-order valence-corrected chi connectivity index (χ2v) is 8.64. The smallest absolute Gasteiger partial charge is 0.229 e. The third-order valence-electron chi connectivity index (χ3n) is 1.73. The molecule has 0 saturated heterocycles. The van der Waals surface area contributed by atoms with Crippen molar-refractivity contribution in [3.63, 3.8) is 0 Å². The van der Waals surface area contributed by atoms with Crippen LogP contribution in [0.15, 0.2) is 20.1 Å². The number of hydrogen-bond acceptors (Lipinski definition) is 5. The predicted molar refractivity (Wildman–Crippen MR) is 69.8 cm³/mol. The van der Waals surface area contributed by atoms with Gasteiger partial charge in [0.05, 0.1) is 5.75 Å². The molecule has 0 aromatic carbocycles. The Morgan fingerprint density at radius 2 is 2.00 bits per heavy atom. The first-order valence-corrected chi connectivity index (χ1v) is 9.32. The molecular weight excluding hydrogens is 352 g/mol. The molecule has 0 aliphatic heterocycles. The maximum absolute atomic E-state index is 11.7. The molecular formula is C7H11BrN2O4S3. The van der Waals surface area contributed by atoms with Crippen LogP contribution in [0.25, 0.3) is 0 Å². The fraction of sp³-hybridized carbons (Fsp3) is 0.429. The van der Waals surface area contributed by atoms with Crippen LogP contribution in [0.3, 0.4) is 0 Å². The summed E-state index contributed by atoms with van der Waals surface area (Å²) in [7, 11) is -7.12. The Kier molecular flexibility index (Phi) is 5.10. The summed E-state index contributed by atoms with van der Waals surface area (Å²) in [6, 6.07) is 1.63. The summed E-state index contributed by atoms with van der Waals surface area (Å²) in [5.74, 6) is -0.249. The second-order valence-electron chi connectivity index (χ2n) is 3.17. The van der Waals surface area contributed by atoms with E-state index >= 15 is 0 Å². The van der Waals surface area contributed by atoms with E-state index in [0.29, 0.717) is 4.47 Å². The van der Waals surface area contributed by atoms with Gasteiger partial charge in [-0.15, -0.1) is 11.3 Å². The maximum Gasteiger partial charge on any atom is 0.251 e. The van der Waals surface area contributed by atoms with E-state index in [1.54, 1.807) is 11.4 Å². The Labute approximate surface area is 112 Å². The zero-order valence-electron chi connectivity index (χ0n) is 8.59. The van der Waals surface area contributed by atoms with Gasteiger partial charge >= 0.3 is 0 Å². The van der Waals surface area contributed by atoms with Gasteiger partial charge in [-0.1, -0.05) is 0 Å². The molecule has 0 radical (unpaired) electrons. The minimum absolute atomic E-state index is 0.0309. The number of rotatable bonds is 6. The van der Waals surface area contributed by atoms with Gasteiger partial charge in [0.15, 0.2) is 0 Å². The normalized spacial score (nSPS) is 12.8. The van der Waals surface area contributed by atoms with Crippen LogP contribution >= 0.6 is 27.3 Å². The summed E-state index contributed by atoms with van der Waals surface area (Å²) in [6.07, 6.45) is 0.140. The predicted octanol–water partition coefficient (Wildman–Crippen LogP) is 0.468.